The summed E-state index contributed by atoms with van der Waals surface area (Å²) in [7, 11) is 4.42. The lowest BCUT2D eigenvalue weighted by Gasteiger charge is -2.52. The summed E-state index contributed by atoms with van der Waals surface area (Å²) in [6, 6.07) is 16.5. The highest BCUT2D eigenvalue weighted by atomic mass is 16.2. The van der Waals surface area contributed by atoms with Crippen LogP contribution in [0.25, 0.3) is 11.1 Å². The van der Waals surface area contributed by atoms with E-state index in [-0.39, 0.29) is 11.4 Å². The Hall–Kier alpha value is -2.17. The Labute approximate surface area is 168 Å². The number of likely N-dealkylation sites (N-methyl/N-ethyl adjacent to an activating group) is 1. The first-order valence-electron chi connectivity index (χ1n) is 10.3. The molecule has 2 heterocycles. The summed E-state index contributed by atoms with van der Waals surface area (Å²) < 4.78 is 0. The van der Waals surface area contributed by atoms with Crippen LogP contribution >= 0.6 is 0 Å². The van der Waals surface area contributed by atoms with Crippen molar-refractivity contribution in [2.45, 2.75) is 25.3 Å². The fourth-order valence-corrected chi connectivity index (χ4v) is 4.71. The number of hydrogen-bond donors (Lipinski definition) is 0. The summed E-state index contributed by atoms with van der Waals surface area (Å²) in [6.45, 7) is 6.93. The highest BCUT2D eigenvalue weighted by Crippen LogP contribution is 2.32. The van der Waals surface area contributed by atoms with Gasteiger partial charge in [0, 0.05) is 30.7 Å². The largest absolute Gasteiger partial charge is 0.336 e. The Balaban J connectivity index is 1.56. The molecule has 2 aliphatic rings. The maximum Gasteiger partial charge on any atom is 0.253 e. The van der Waals surface area contributed by atoms with Gasteiger partial charge in [0.2, 0.25) is 0 Å². The Morgan fingerprint density at radius 1 is 0.929 bits per heavy atom. The number of hydrogen-bond acceptors (Lipinski definition) is 3. The van der Waals surface area contributed by atoms with Crippen molar-refractivity contribution in [2.75, 3.05) is 46.8 Å². The van der Waals surface area contributed by atoms with Gasteiger partial charge in [-0.2, -0.15) is 0 Å². The van der Waals surface area contributed by atoms with Crippen molar-refractivity contribution in [2.24, 2.45) is 0 Å². The van der Waals surface area contributed by atoms with E-state index in [2.05, 4.69) is 72.1 Å². The molecule has 4 rings (SSSR count). The number of piperidine rings is 1. The molecule has 148 valence electrons. The van der Waals surface area contributed by atoms with Gasteiger partial charge >= 0.3 is 0 Å². The predicted molar refractivity (Wildman–Crippen MR) is 115 cm³/mol. The van der Waals surface area contributed by atoms with Crippen LogP contribution in [-0.2, 0) is 0 Å². The minimum atomic E-state index is 0.133. The van der Waals surface area contributed by atoms with Crippen LogP contribution in [-0.4, -0.2) is 73.0 Å². The number of aryl methyl sites for hydroxylation is 1. The molecule has 0 atom stereocenters. The van der Waals surface area contributed by atoms with Gasteiger partial charge in [-0.15, -0.1) is 0 Å². The summed E-state index contributed by atoms with van der Waals surface area (Å²) >= 11 is 0. The van der Waals surface area contributed by atoms with E-state index in [0.29, 0.717) is 0 Å². The number of piperazine rings is 1. The Kier molecular flexibility index (Phi) is 5.26. The van der Waals surface area contributed by atoms with Crippen molar-refractivity contribution >= 4 is 5.91 Å². The summed E-state index contributed by atoms with van der Waals surface area (Å²) in [6.07, 6.45) is 2.26. The highest BCUT2D eigenvalue weighted by molar-refractivity contribution is 5.95. The van der Waals surface area contributed by atoms with Gasteiger partial charge in [0.25, 0.3) is 5.91 Å². The minimum Gasteiger partial charge on any atom is -0.336 e. The molecule has 2 saturated heterocycles. The van der Waals surface area contributed by atoms with Crippen LogP contribution in [0, 0.1) is 6.92 Å². The molecule has 4 heteroatoms. The van der Waals surface area contributed by atoms with Gasteiger partial charge in [-0.1, -0.05) is 36.4 Å². The first-order chi connectivity index (χ1) is 13.5. The number of carbonyl (C=O) groups is 1. The van der Waals surface area contributed by atoms with Gasteiger partial charge in [0.1, 0.15) is 0 Å². The van der Waals surface area contributed by atoms with Crippen LogP contribution < -0.4 is 0 Å². The Bertz CT molecular complexity index is 854. The predicted octanol–water partition coefficient (Wildman–Crippen LogP) is 3.51. The smallest absolute Gasteiger partial charge is 0.253 e. The van der Waals surface area contributed by atoms with E-state index in [9.17, 15) is 4.79 Å². The summed E-state index contributed by atoms with van der Waals surface area (Å²) in [5, 5.41) is 0. The van der Waals surface area contributed by atoms with Crippen molar-refractivity contribution in [1.82, 2.24) is 14.7 Å². The molecular weight excluding hydrogens is 346 g/mol. The van der Waals surface area contributed by atoms with E-state index >= 15 is 0 Å². The van der Waals surface area contributed by atoms with Gasteiger partial charge in [-0.3, -0.25) is 9.69 Å². The van der Waals surface area contributed by atoms with Crippen LogP contribution in [0.5, 0.6) is 0 Å². The first kappa shape index (κ1) is 19.2. The standard InChI is InChI=1S/C24H31N3O/c1-19-7-4-5-10-22(19)20-8-6-9-21(17-20)23(28)27-16-15-26(3)24(18-27)11-13-25(2)14-12-24/h4-10,17H,11-16,18H2,1-3H3. The SMILES string of the molecule is Cc1ccccc1-c1cccc(C(=O)N2CCN(C)C3(CCN(C)CC3)C2)c1. The van der Waals surface area contributed by atoms with Gasteiger partial charge < -0.3 is 9.80 Å². The highest BCUT2D eigenvalue weighted by Gasteiger charge is 2.42. The van der Waals surface area contributed by atoms with E-state index in [1.54, 1.807) is 0 Å². The molecule has 2 aromatic carbocycles. The molecule has 4 nitrogen and oxygen atoms in total. The van der Waals surface area contributed by atoms with Gasteiger partial charge in [-0.25, -0.2) is 0 Å². The van der Waals surface area contributed by atoms with Gasteiger partial charge in [0.15, 0.2) is 0 Å². The van der Waals surface area contributed by atoms with Crippen molar-refractivity contribution in [3.05, 3.63) is 59.7 Å². The number of benzene rings is 2. The van der Waals surface area contributed by atoms with Crippen molar-refractivity contribution < 1.29 is 4.79 Å². The Morgan fingerprint density at radius 2 is 1.68 bits per heavy atom. The number of rotatable bonds is 2. The summed E-state index contributed by atoms with van der Waals surface area (Å²) in [4.78, 5) is 20.3. The van der Waals surface area contributed by atoms with Crippen LogP contribution in [0.2, 0.25) is 0 Å². The van der Waals surface area contributed by atoms with Gasteiger partial charge in [-0.05, 0) is 75.8 Å². The number of carbonyl (C=O) groups excluding carboxylic acids is 1. The van der Waals surface area contributed by atoms with E-state index in [1.807, 2.05) is 12.1 Å². The lowest BCUT2D eigenvalue weighted by Crippen LogP contribution is -2.64. The van der Waals surface area contributed by atoms with E-state index in [0.717, 1.165) is 56.7 Å². The van der Waals surface area contributed by atoms with E-state index in [1.165, 1.54) is 11.1 Å². The molecule has 0 aliphatic carbocycles. The van der Waals surface area contributed by atoms with Crippen LogP contribution in [0.4, 0.5) is 0 Å². The first-order valence-corrected chi connectivity index (χ1v) is 10.3. The van der Waals surface area contributed by atoms with Crippen LogP contribution in [0.3, 0.4) is 0 Å². The molecular formula is C24H31N3O. The molecule has 28 heavy (non-hydrogen) atoms. The molecule has 0 N–H and O–H groups in total. The zero-order chi connectivity index (χ0) is 19.7. The zero-order valence-corrected chi connectivity index (χ0v) is 17.3. The quantitative estimate of drug-likeness (QED) is 0.801. The normalized spacial score (nSPS) is 20.5. The molecule has 1 amide bonds. The second-order valence-electron chi connectivity index (χ2n) is 8.57. The lowest BCUT2D eigenvalue weighted by atomic mass is 9.83. The number of likely N-dealkylation sites (tertiary alicyclic amines) is 1. The van der Waals surface area contributed by atoms with Crippen molar-refractivity contribution in [1.29, 1.82) is 0 Å². The third kappa shape index (κ3) is 3.59. The fraction of sp³-hybridized carbons (Fsp3) is 0.458. The second kappa shape index (κ2) is 7.69. The molecule has 2 aliphatic heterocycles. The average molecular weight is 378 g/mol. The molecule has 2 aromatic rings. The zero-order valence-electron chi connectivity index (χ0n) is 17.3. The lowest BCUT2D eigenvalue weighted by molar-refractivity contribution is -0.0170. The topological polar surface area (TPSA) is 26.8 Å². The summed E-state index contributed by atoms with van der Waals surface area (Å²) in [5.41, 5.74) is 4.48. The van der Waals surface area contributed by atoms with Crippen LogP contribution in [0.1, 0.15) is 28.8 Å². The van der Waals surface area contributed by atoms with E-state index < -0.39 is 0 Å². The monoisotopic (exact) mass is 377 g/mol. The Morgan fingerprint density at radius 3 is 2.43 bits per heavy atom. The molecule has 0 saturated carbocycles. The second-order valence-corrected chi connectivity index (χ2v) is 8.57. The molecule has 0 unspecified atom stereocenters. The maximum atomic E-state index is 13.4. The number of nitrogens with zero attached hydrogens (tertiary/aromatic N) is 3. The third-order valence-electron chi connectivity index (χ3n) is 6.77. The fourth-order valence-electron chi connectivity index (χ4n) is 4.71. The molecule has 2 fully saturated rings. The molecule has 1 spiro atoms. The van der Waals surface area contributed by atoms with Crippen molar-refractivity contribution in [3.8, 4) is 11.1 Å². The minimum absolute atomic E-state index is 0.133. The molecule has 0 radical (unpaired) electrons. The van der Waals surface area contributed by atoms with E-state index in [4.69, 9.17) is 0 Å². The average Bonchev–Trinajstić information content (AvgIpc) is 2.72. The molecule has 0 aromatic heterocycles. The summed E-state index contributed by atoms with van der Waals surface area (Å²) in [5.74, 6) is 0.168. The molecule has 0 bridgehead atoms. The van der Waals surface area contributed by atoms with Crippen molar-refractivity contribution in [3.63, 3.8) is 0 Å². The maximum absolute atomic E-state index is 13.4. The number of amides is 1. The third-order valence-corrected chi connectivity index (χ3v) is 6.77. The van der Waals surface area contributed by atoms with Gasteiger partial charge in [0.05, 0.1) is 0 Å². The van der Waals surface area contributed by atoms with Crippen LogP contribution in [0.15, 0.2) is 48.5 Å².